The van der Waals surface area contributed by atoms with Gasteiger partial charge in [0.25, 0.3) is 0 Å². The molecule has 0 aromatic carbocycles. The summed E-state index contributed by atoms with van der Waals surface area (Å²) in [6, 6.07) is 0. The maximum absolute atomic E-state index is 11.1. The van der Waals surface area contributed by atoms with Crippen LogP contribution < -0.4 is 5.06 Å². The standard InChI is InChI=1S/C8H10ClN3O3/c1-12(15-3)7-6(9)11-5(4-10-7)8(13)14-2/h4H,1-3H3. The van der Waals surface area contributed by atoms with E-state index in [4.69, 9.17) is 16.4 Å². The third-order valence-corrected chi connectivity index (χ3v) is 1.93. The number of methoxy groups -OCH3 is 1. The van der Waals surface area contributed by atoms with Crippen LogP contribution in [0.4, 0.5) is 5.82 Å². The molecule has 0 radical (unpaired) electrons. The van der Waals surface area contributed by atoms with Crippen LogP contribution in [-0.2, 0) is 9.57 Å². The number of esters is 1. The van der Waals surface area contributed by atoms with Crippen LogP contribution in [0.1, 0.15) is 10.5 Å². The minimum atomic E-state index is -0.587. The average Bonchev–Trinajstić information content (AvgIpc) is 2.26. The Labute approximate surface area is 91.7 Å². The van der Waals surface area contributed by atoms with E-state index in [0.29, 0.717) is 5.82 Å². The number of hydroxylamine groups is 1. The Bertz CT molecular complexity index is 372. The number of aromatic nitrogens is 2. The number of ether oxygens (including phenoxy) is 1. The van der Waals surface area contributed by atoms with Crippen molar-refractivity contribution in [3.8, 4) is 0 Å². The molecule has 0 N–H and O–H groups in total. The number of halogens is 1. The van der Waals surface area contributed by atoms with E-state index < -0.39 is 5.97 Å². The lowest BCUT2D eigenvalue weighted by Gasteiger charge is -2.15. The van der Waals surface area contributed by atoms with Gasteiger partial charge in [0.1, 0.15) is 0 Å². The predicted molar refractivity (Wildman–Crippen MR) is 53.8 cm³/mol. The van der Waals surface area contributed by atoms with Crippen LogP contribution in [0.15, 0.2) is 6.20 Å². The highest BCUT2D eigenvalue weighted by molar-refractivity contribution is 6.31. The van der Waals surface area contributed by atoms with Crippen LogP contribution in [0.3, 0.4) is 0 Å². The summed E-state index contributed by atoms with van der Waals surface area (Å²) in [4.78, 5) is 23.7. The normalized spacial score (nSPS) is 9.87. The number of carbonyl (C=O) groups is 1. The van der Waals surface area contributed by atoms with Crippen molar-refractivity contribution in [1.82, 2.24) is 9.97 Å². The van der Waals surface area contributed by atoms with Crippen molar-refractivity contribution in [3.63, 3.8) is 0 Å². The lowest BCUT2D eigenvalue weighted by Crippen LogP contribution is -2.18. The lowest BCUT2D eigenvalue weighted by molar-refractivity contribution is 0.0593. The maximum atomic E-state index is 11.1. The van der Waals surface area contributed by atoms with Crippen molar-refractivity contribution in [2.75, 3.05) is 26.3 Å². The van der Waals surface area contributed by atoms with E-state index in [9.17, 15) is 4.79 Å². The number of carbonyl (C=O) groups excluding carboxylic acids is 1. The first-order valence-corrected chi connectivity index (χ1v) is 4.36. The molecule has 1 heterocycles. The molecule has 7 heteroatoms. The molecule has 0 bridgehead atoms. The summed E-state index contributed by atoms with van der Waals surface area (Å²) in [6.07, 6.45) is 1.27. The average molecular weight is 232 g/mol. The van der Waals surface area contributed by atoms with Crippen LogP contribution in [0.2, 0.25) is 5.15 Å². The molecule has 0 saturated carbocycles. The monoisotopic (exact) mass is 231 g/mol. The summed E-state index contributed by atoms with van der Waals surface area (Å²) in [7, 11) is 4.34. The summed E-state index contributed by atoms with van der Waals surface area (Å²) < 4.78 is 4.47. The van der Waals surface area contributed by atoms with E-state index in [1.807, 2.05) is 0 Å². The van der Waals surface area contributed by atoms with Gasteiger partial charge < -0.3 is 4.74 Å². The van der Waals surface area contributed by atoms with E-state index >= 15 is 0 Å². The van der Waals surface area contributed by atoms with Gasteiger partial charge in [0.05, 0.1) is 20.4 Å². The number of rotatable bonds is 3. The van der Waals surface area contributed by atoms with E-state index in [0.717, 1.165) is 0 Å². The second-order valence-corrected chi connectivity index (χ2v) is 2.90. The third kappa shape index (κ3) is 2.54. The molecule has 0 aliphatic carbocycles. The minimum Gasteiger partial charge on any atom is -0.464 e. The van der Waals surface area contributed by atoms with Gasteiger partial charge in [-0.25, -0.2) is 19.8 Å². The predicted octanol–water partition coefficient (Wildman–Crippen LogP) is 0.914. The Morgan fingerprint density at radius 1 is 1.53 bits per heavy atom. The molecule has 0 amide bonds. The van der Waals surface area contributed by atoms with Crippen molar-refractivity contribution in [3.05, 3.63) is 17.0 Å². The largest absolute Gasteiger partial charge is 0.464 e. The first-order chi connectivity index (χ1) is 7.10. The van der Waals surface area contributed by atoms with Crippen molar-refractivity contribution < 1.29 is 14.4 Å². The van der Waals surface area contributed by atoms with Gasteiger partial charge in [-0.3, -0.25) is 4.84 Å². The van der Waals surface area contributed by atoms with Crippen molar-refractivity contribution in [2.45, 2.75) is 0 Å². The first-order valence-electron chi connectivity index (χ1n) is 3.98. The van der Waals surface area contributed by atoms with E-state index in [-0.39, 0.29) is 10.8 Å². The summed E-state index contributed by atoms with van der Waals surface area (Å²) in [5.74, 6) is -0.261. The Balaban J connectivity index is 3.03. The molecule has 0 unspecified atom stereocenters. The fraction of sp³-hybridized carbons (Fsp3) is 0.375. The van der Waals surface area contributed by atoms with Gasteiger partial charge in [-0.05, 0) is 0 Å². The quantitative estimate of drug-likeness (QED) is 0.569. The zero-order valence-electron chi connectivity index (χ0n) is 8.52. The molecular formula is C8H10ClN3O3. The van der Waals surface area contributed by atoms with E-state index in [1.165, 1.54) is 25.5 Å². The smallest absolute Gasteiger partial charge is 0.358 e. The Kier molecular flexibility index (Phi) is 3.81. The minimum absolute atomic E-state index is 0.0516. The van der Waals surface area contributed by atoms with Crippen molar-refractivity contribution in [2.24, 2.45) is 0 Å². The molecule has 6 nitrogen and oxygen atoms in total. The second-order valence-electron chi connectivity index (χ2n) is 2.54. The highest BCUT2D eigenvalue weighted by atomic mass is 35.5. The molecular weight excluding hydrogens is 222 g/mol. The molecule has 1 aromatic rings. The van der Waals surface area contributed by atoms with E-state index in [2.05, 4.69) is 14.7 Å². The number of hydrogen-bond acceptors (Lipinski definition) is 6. The molecule has 82 valence electrons. The van der Waals surface area contributed by atoms with Crippen LogP contribution in [0, 0.1) is 0 Å². The van der Waals surface area contributed by atoms with Gasteiger partial charge in [0.2, 0.25) is 0 Å². The SMILES string of the molecule is COC(=O)c1cnc(N(C)OC)c(Cl)n1. The zero-order valence-corrected chi connectivity index (χ0v) is 9.28. The fourth-order valence-electron chi connectivity index (χ4n) is 0.861. The topological polar surface area (TPSA) is 64.5 Å². The van der Waals surface area contributed by atoms with E-state index in [1.54, 1.807) is 7.05 Å². The zero-order chi connectivity index (χ0) is 11.4. The molecule has 1 aromatic heterocycles. The number of anilines is 1. The number of hydrogen-bond donors (Lipinski definition) is 0. The molecule has 0 aliphatic rings. The van der Waals surface area contributed by atoms with Crippen molar-refractivity contribution in [1.29, 1.82) is 0 Å². The molecule has 0 atom stereocenters. The Morgan fingerprint density at radius 3 is 2.67 bits per heavy atom. The summed E-state index contributed by atoms with van der Waals surface area (Å²) in [6.45, 7) is 0. The lowest BCUT2D eigenvalue weighted by atomic mass is 10.4. The van der Waals surface area contributed by atoms with Crippen LogP contribution in [-0.4, -0.2) is 37.2 Å². The molecule has 1 rings (SSSR count). The van der Waals surface area contributed by atoms with Gasteiger partial charge in [-0.1, -0.05) is 11.6 Å². The van der Waals surface area contributed by atoms with Gasteiger partial charge >= 0.3 is 5.97 Å². The fourth-order valence-corrected chi connectivity index (χ4v) is 1.12. The Hall–Kier alpha value is -1.40. The van der Waals surface area contributed by atoms with Gasteiger partial charge in [-0.15, -0.1) is 0 Å². The third-order valence-electron chi connectivity index (χ3n) is 1.68. The molecule has 0 aliphatic heterocycles. The van der Waals surface area contributed by atoms with Gasteiger partial charge in [0.15, 0.2) is 16.7 Å². The molecule has 15 heavy (non-hydrogen) atoms. The number of nitrogens with zero attached hydrogens (tertiary/aromatic N) is 3. The summed E-state index contributed by atoms with van der Waals surface area (Å²) in [5, 5.41) is 1.40. The van der Waals surface area contributed by atoms with Crippen LogP contribution in [0.25, 0.3) is 0 Å². The highest BCUT2D eigenvalue weighted by Gasteiger charge is 2.14. The van der Waals surface area contributed by atoms with Gasteiger partial charge in [-0.2, -0.15) is 0 Å². The first kappa shape index (κ1) is 11.7. The van der Waals surface area contributed by atoms with Crippen LogP contribution in [0.5, 0.6) is 0 Å². The summed E-state index contributed by atoms with van der Waals surface area (Å²) in [5.41, 5.74) is 0.0516. The highest BCUT2D eigenvalue weighted by Crippen LogP contribution is 2.19. The molecule has 0 saturated heterocycles. The van der Waals surface area contributed by atoms with Gasteiger partial charge in [0, 0.05) is 7.05 Å². The molecule has 0 fully saturated rings. The summed E-state index contributed by atoms with van der Waals surface area (Å²) >= 11 is 5.80. The maximum Gasteiger partial charge on any atom is 0.358 e. The van der Waals surface area contributed by atoms with Crippen LogP contribution >= 0.6 is 11.6 Å². The van der Waals surface area contributed by atoms with Crippen molar-refractivity contribution >= 4 is 23.4 Å². The second kappa shape index (κ2) is 4.90. The molecule has 0 spiro atoms. The Morgan fingerprint density at radius 2 is 2.20 bits per heavy atom.